The van der Waals surface area contributed by atoms with Crippen molar-refractivity contribution in [1.82, 2.24) is 0 Å². The van der Waals surface area contributed by atoms with Crippen molar-refractivity contribution >= 4 is 67.7 Å². The molecule has 0 unspecified atom stereocenters. The Balaban J connectivity index is 1.15. The van der Waals surface area contributed by atoms with Crippen LogP contribution in [-0.4, -0.2) is 6.72 Å². The first-order valence-corrected chi connectivity index (χ1v) is 19.5. The Kier molecular flexibility index (Phi) is 7.39. The number of anilines is 3. The quantitative estimate of drug-likeness (QED) is 0.153. The molecule has 0 spiro atoms. The zero-order valence-electron chi connectivity index (χ0n) is 31.8. The predicted molar refractivity (Wildman–Crippen MR) is 237 cm³/mol. The topological polar surface area (TPSA) is 41.9 Å². The van der Waals surface area contributed by atoms with Crippen molar-refractivity contribution < 1.29 is 8.83 Å². The smallest absolute Gasteiger partial charge is 0.159 e. The molecule has 4 nitrogen and oxygen atoms in total. The average Bonchev–Trinajstić information content (AvgIpc) is 3.90. The Morgan fingerprint density at radius 3 is 2.11 bits per heavy atom. The van der Waals surface area contributed by atoms with Crippen molar-refractivity contribution in [2.24, 2.45) is 4.99 Å². The molecule has 11 rings (SSSR count). The van der Waals surface area contributed by atoms with Crippen LogP contribution < -0.4 is 4.90 Å². The van der Waals surface area contributed by atoms with E-state index in [2.05, 4.69) is 188 Å². The van der Waals surface area contributed by atoms with E-state index < -0.39 is 0 Å². The summed E-state index contributed by atoms with van der Waals surface area (Å²) in [4.78, 5) is 6.62. The molecule has 272 valence electrons. The minimum Gasteiger partial charge on any atom is -0.456 e. The van der Waals surface area contributed by atoms with Crippen molar-refractivity contribution in [3.05, 3.63) is 187 Å². The minimum absolute atomic E-state index is 0.232. The molecule has 0 saturated carbocycles. The highest BCUT2D eigenvalue weighted by Crippen LogP contribution is 2.55. The predicted octanol–water partition coefficient (Wildman–Crippen LogP) is 14.8. The van der Waals surface area contributed by atoms with Gasteiger partial charge in [-0.2, -0.15) is 0 Å². The van der Waals surface area contributed by atoms with Gasteiger partial charge in [-0.3, -0.25) is 4.99 Å². The monoisotopic (exact) mass is 734 g/mol. The number of aliphatic imine (C=N–C) groups is 1. The molecule has 0 radical (unpaired) electrons. The van der Waals surface area contributed by atoms with E-state index in [1.54, 1.807) is 0 Å². The molecule has 0 amide bonds. The highest BCUT2D eigenvalue weighted by molar-refractivity contribution is 6.15. The first kappa shape index (κ1) is 33.2. The van der Waals surface area contributed by atoms with Crippen LogP contribution in [0, 0.1) is 0 Å². The standard InChI is InChI=1S/C53H38N2O2/c1-53(2)44-24-8-7-19-39(44)40-21-12-25-45(50(40)53)55(37-18-9-16-34(30-37)33-14-5-4-6-15-33)46-26-13-23-42-41-22-11-20-38(51(41)57-52(42)46)35-28-29-47-43(31-35)49-36(32-54-3)17-10-27-48(49)56-47/h4-31H,3,32H2,1-2H3. The van der Waals surface area contributed by atoms with Gasteiger partial charge in [0.15, 0.2) is 5.58 Å². The van der Waals surface area contributed by atoms with Gasteiger partial charge in [-0.1, -0.05) is 141 Å². The molecule has 0 bridgehead atoms. The minimum atomic E-state index is -0.232. The molecule has 0 aliphatic heterocycles. The van der Waals surface area contributed by atoms with Gasteiger partial charge in [0.05, 0.1) is 17.9 Å². The molecule has 57 heavy (non-hydrogen) atoms. The van der Waals surface area contributed by atoms with Crippen LogP contribution >= 0.6 is 0 Å². The second-order valence-electron chi connectivity index (χ2n) is 15.5. The number of nitrogens with zero attached hydrogens (tertiary/aromatic N) is 2. The molecule has 1 aliphatic rings. The molecule has 2 heterocycles. The van der Waals surface area contributed by atoms with Crippen LogP contribution in [0.5, 0.6) is 0 Å². The van der Waals surface area contributed by atoms with Crippen molar-refractivity contribution in [2.45, 2.75) is 25.8 Å². The molecular weight excluding hydrogens is 697 g/mol. The van der Waals surface area contributed by atoms with Gasteiger partial charge in [-0.05, 0) is 93.7 Å². The normalized spacial score (nSPS) is 13.0. The lowest BCUT2D eigenvalue weighted by Gasteiger charge is -2.32. The molecule has 0 N–H and O–H groups in total. The largest absolute Gasteiger partial charge is 0.456 e. The molecule has 1 aliphatic carbocycles. The van der Waals surface area contributed by atoms with Crippen LogP contribution in [-0.2, 0) is 12.0 Å². The van der Waals surface area contributed by atoms with E-state index in [4.69, 9.17) is 8.83 Å². The summed E-state index contributed by atoms with van der Waals surface area (Å²) in [7, 11) is 0. The second kappa shape index (κ2) is 12.7. The van der Waals surface area contributed by atoms with E-state index in [-0.39, 0.29) is 5.41 Å². The number of rotatable bonds is 7. The summed E-state index contributed by atoms with van der Waals surface area (Å²) < 4.78 is 13.5. The summed E-state index contributed by atoms with van der Waals surface area (Å²) in [5.41, 5.74) is 17.0. The Morgan fingerprint density at radius 2 is 1.23 bits per heavy atom. The lowest BCUT2D eigenvalue weighted by molar-refractivity contribution is 0.659. The summed E-state index contributed by atoms with van der Waals surface area (Å²) in [6, 6.07) is 60.6. The third kappa shape index (κ3) is 5.04. The van der Waals surface area contributed by atoms with Crippen LogP contribution in [0.2, 0.25) is 0 Å². The van der Waals surface area contributed by atoms with E-state index in [9.17, 15) is 0 Å². The van der Waals surface area contributed by atoms with Gasteiger partial charge in [0.25, 0.3) is 0 Å². The van der Waals surface area contributed by atoms with Crippen molar-refractivity contribution in [3.63, 3.8) is 0 Å². The van der Waals surface area contributed by atoms with Gasteiger partial charge >= 0.3 is 0 Å². The van der Waals surface area contributed by atoms with Crippen LogP contribution in [0.15, 0.2) is 184 Å². The average molecular weight is 735 g/mol. The van der Waals surface area contributed by atoms with Crippen LogP contribution in [0.1, 0.15) is 30.5 Å². The van der Waals surface area contributed by atoms with E-state index in [0.29, 0.717) is 6.54 Å². The van der Waals surface area contributed by atoms with Crippen molar-refractivity contribution in [3.8, 4) is 33.4 Å². The number of furan rings is 2. The first-order valence-electron chi connectivity index (χ1n) is 19.5. The molecule has 4 heteroatoms. The molecule has 0 saturated heterocycles. The van der Waals surface area contributed by atoms with Gasteiger partial charge in [-0.25, -0.2) is 0 Å². The van der Waals surface area contributed by atoms with E-state index in [0.717, 1.165) is 83.2 Å². The summed E-state index contributed by atoms with van der Waals surface area (Å²) >= 11 is 0. The van der Waals surface area contributed by atoms with Crippen LogP contribution in [0.25, 0.3) is 77.3 Å². The zero-order chi connectivity index (χ0) is 38.3. The van der Waals surface area contributed by atoms with Crippen molar-refractivity contribution in [2.75, 3.05) is 4.90 Å². The number of fused-ring (bicyclic) bond motifs is 9. The summed E-state index contributed by atoms with van der Waals surface area (Å²) in [5, 5.41) is 4.27. The number of hydrogen-bond acceptors (Lipinski definition) is 4. The van der Waals surface area contributed by atoms with Gasteiger partial charge < -0.3 is 13.7 Å². The molecule has 2 aromatic heterocycles. The Morgan fingerprint density at radius 1 is 0.526 bits per heavy atom. The Hall–Kier alpha value is -7.17. The molecule has 10 aromatic rings. The maximum Gasteiger partial charge on any atom is 0.159 e. The van der Waals surface area contributed by atoms with Gasteiger partial charge in [0.2, 0.25) is 0 Å². The first-order chi connectivity index (χ1) is 28.0. The molecule has 0 atom stereocenters. The molecule has 0 fully saturated rings. The molecule has 8 aromatic carbocycles. The van der Waals surface area contributed by atoms with E-state index in [1.165, 1.54) is 27.8 Å². The summed E-state index contributed by atoms with van der Waals surface area (Å²) in [5.74, 6) is 0. The maximum atomic E-state index is 7.20. The lowest BCUT2D eigenvalue weighted by atomic mass is 9.81. The maximum absolute atomic E-state index is 7.20. The van der Waals surface area contributed by atoms with E-state index >= 15 is 0 Å². The third-order valence-corrected chi connectivity index (χ3v) is 11.9. The van der Waals surface area contributed by atoms with Crippen LogP contribution in [0.4, 0.5) is 17.1 Å². The lowest BCUT2D eigenvalue weighted by Crippen LogP contribution is -2.20. The highest BCUT2D eigenvalue weighted by atomic mass is 16.3. The van der Waals surface area contributed by atoms with E-state index in [1.807, 2.05) is 12.1 Å². The van der Waals surface area contributed by atoms with Crippen LogP contribution in [0.3, 0.4) is 0 Å². The number of para-hydroxylation sites is 2. The zero-order valence-corrected chi connectivity index (χ0v) is 31.8. The fourth-order valence-corrected chi connectivity index (χ4v) is 9.40. The fourth-order valence-electron chi connectivity index (χ4n) is 9.40. The van der Waals surface area contributed by atoms with Gasteiger partial charge in [-0.15, -0.1) is 0 Å². The Bertz CT molecular complexity index is 3220. The summed E-state index contributed by atoms with van der Waals surface area (Å²) in [6.07, 6.45) is 0. The summed E-state index contributed by atoms with van der Waals surface area (Å²) in [6.45, 7) is 8.99. The third-order valence-electron chi connectivity index (χ3n) is 11.9. The molecular formula is C53H38N2O2. The SMILES string of the molecule is C=NCc1cccc2oc3ccc(-c4cccc5c4oc4c(N(c6cccc(-c7ccccc7)c6)c6cccc7c6C(C)(C)c6ccccc6-7)cccc45)cc3c12. The number of hydrogen-bond donors (Lipinski definition) is 0. The van der Waals surface area contributed by atoms with Gasteiger partial charge in [0, 0.05) is 38.2 Å². The highest BCUT2D eigenvalue weighted by Gasteiger charge is 2.39. The Labute approximate surface area is 331 Å². The van der Waals surface area contributed by atoms with Crippen molar-refractivity contribution in [1.29, 1.82) is 0 Å². The second-order valence-corrected chi connectivity index (χ2v) is 15.5. The van der Waals surface area contributed by atoms with Gasteiger partial charge in [0.1, 0.15) is 16.7 Å². The fraction of sp³-hybridized carbons (Fsp3) is 0.0755. The number of benzene rings is 8.